The molecule has 0 bridgehead atoms. The SMILES string of the molecule is CCOC(=O)C#Cc1ccc2c(c1)OCCC2=O. The molecule has 4 heteroatoms. The van der Waals surface area contributed by atoms with Gasteiger partial charge in [0.25, 0.3) is 0 Å². The van der Waals surface area contributed by atoms with Gasteiger partial charge in [-0.25, -0.2) is 4.79 Å². The Bertz CT molecular complexity index is 549. The van der Waals surface area contributed by atoms with Crippen molar-refractivity contribution in [2.45, 2.75) is 13.3 Å². The number of Topliss-reactive ketones (excluding diaryl/α,β-unsaturated/α-hetero) is 1. The van der Waals surface area contributed by atoms with E-state index in [-0.39, 0.29) is 5.78 Å². The molecule has 92 valence electrons. The molecule has 0 aromatic heterocycles. The lowest BCUT2D eigenvalue weighted by molar-refractivity contribution is -0.136. The van der Waals surface area contributed by atoms with Gasteiger partial charge in [0.1, 0.15) is 5.75 Å². The summed E-state index contributed by atoms with van der Waals surface area (Å²) in [6.45, 7) is 2.41. The first kappa shape index (κ1) is 12.2. The third-order valence-electron chi connectivity index (χ3n) is 2.45. The average molecular weight is 244 g/mol. The van der Waals surface area contributed by atoms with Gasteiger partial charge in [-0.05, 0) is 25.1 Å². The minimum Gasteiger partial charge on any atom is -0.492 e. The molecule has 0 saturated carbocycles. The van der Waals surface area contributed by atoms with E-state index in [9.17, 15) is 9.59 Å². The number of carbonyl (C=O) groups excluding carboxylic acids is 2. The Kier molecular flexibility index (Phi) is 3.63. The Hall–Kier alpha value is -2.28. The van der Waals surface area contributed by atoms with Gasteiger partial charge >= 0.3 is 5.97 Å². The fourth-order valence-corrected chi connectivity index (χ4v) is 1.63. The maximum atomic E-state index is 11.6. The third-order valence-corrected chi connectivity index (χ3v) is 2.45. The van der Waals surface area contributed by atoms with E-state index in [1.54, 1.807) is 25.1 Å². The lowest BCUT2D eigenvalue weighted by Gasteiger charge is -2.15. The zero-order valence-electron chi connectivity index (χ0n) is 9.99. The smallest absolute Gasteiger partial charge is 0.384 e. The molecule has 18 heavy (non-hydrogen) atoms. The average Bonchev–Trinajstić information content (AvgIpc) is 2.37. The van der Waals surface area contributed by atoms with E-state index in [0.29, 0.717) is 36.5 Å². The van der Waals surface area contributed by atoms with Gasteiger partial charge in [0.05, 0.1) is 18.8 Å². The van der Waals surface area contributed by atoms with Crippen LogP contribution in [0.2, 0.25) is 0 Å². The van der Waals surface area contributed by atoms with Crippen LogP contribution in [0.25, 0.3) is 0 Å². The van der Waals surface area contributed by atoms with Gasteiger partial charge in [0, 0.05) is 17.9 Å². The molecule has 1 aromatic rings. The summed E-state index contributed by atoms with van der Waals surface area (Å²) in [7, 11) is 0. The fourth-order valence-electron chi connectivity index (χ4n) is 1.63. The molecule has 1 aliphatic rings. The number of fused-ring (bicyclic) bond motifs is 1. The highest BCUT2D eigenvalue weighted by molar-refractivity contribution is 5.99. The van der Waals surface area contributed by atoms with Crippen LogP contribution < -0.4 is 4.74 Å². The number of carbonyl (C=O) groups is 2. The van der Waals surface area contributed by atoms with Gasteiger partial charge < -0.3 is 9.47 Å². The van der Waals surface area contributed by atoms with Crippen LogP contribution in [-0.2, 0) is 9.53 Å². The molecule has 1 aromatic carbocycles. The molecule has 0 radical (unpaired) electrons. The Labute approximate surface area is 105 Å². The van der Waals surface area contributed by atoms with Gasteiger partial charge in [0.2, 0.25) is 0 Å². The van der Waals surface area contributed by atoms with Crippen molar-refractivity contribution >= 4 is 11.8 Å². The molecule has 0 atom stereocenters. The maximum Gasteiger partial charge on any atom is 0.384 e. The zero-order valence-corrected chi connectivity index (χ0v) is 9.99. The van der Waals surface area contributed by atoms with Crippen LogP contribution in [0.3, 0.4) is 0 Å². The highest BCUT2D eigenvalue weighted by Gasteiger charge is 2.17. The summed E-state index contributed by atoms with van der Waals surface area (Å²) in [5, 5.41) is 0. The van der Waals surface area contributed by atoms with E-state index in [4.69, 9.17) is 9.47 Å². The highest BCUT2D eigenvalue weighted by atomic mass is 16.5. The second-order valence-electron chi connectivity index (χ2n) is 3.70. The second kappa shape index (κ2) is 5.37. The molecular formula is C14H12O4. The quantitative estimate of drug-likeness (QED) is 0.555. The van der Waals surface area contributed by atoms with Crippen LogP contribution in [0.4, 0.5) is 0 Å². The van der Waals surface area contributed by atoms with E-state index < -0.39 is 5.97 Å². The molecule has 1 heterocycles. The molecule has 0 aliphatic carbocycles. The van der Waals surface area contributed by atoms with Crippen LogP contribution in [0, 0.1) is 11.8 Å². The van der Waals surface area contributed by atoms with E-state index in [0.717, 1.165) is 0 Å². The predicted molar refractivity (Wildman–Crippen MR) is 64.4 cm³/mol. The molecule has 0 N–H and O–H groups in total. The number of hydrogen-bond acceptors (Lipinski definition) is 4. The first-order valence-corrected chi connectivity index (χ1v) is 5.69. The van der Waals surface area contributed by atoms with Crippen molar-refractivity contribution in [3.63, 3.8) is 0 Å². The van der Waals surface area contributed by atoms with Crippen molar-refractivity contribution in [3.8, 4) is 17.6 Å². The largest absolute Gasteiger partial charge is 0.492 e. The second-order valence-corrected chi connectivity index (χ2v) is 3.70. The van der Waals surface area contributed by atoms with E-state index >= 15 is 0 Å². The molecule has 1 aliphatic heterocycles. The van der Waals surface area contributed by atoms with E-state index in [2.05, 4.69) is 11.8 Å². The van der Waals surface area contributed by atoms with Crippen LogP contribution >= 0.6 is 0 Å². The summed E-state index contributed by atoms with van der Waals surface area (Å²) < 4.78 is 10.1. The number of rotatable bonds is 1. The number of hydrogen-bond donors (Lipinski definition) is 0. The summed E-state index contributed by atoms with van der Waals surface area (Å²) >= 11 is 0. The Morgan fingerprint density at radius 1 is 1.50 bits per heavy atom. The summed E-state index contributed by atoms with van der Waals surface area (Å²) in [5.41, 5.74) is 1.19. The van der Waals surface area contributed by atoms with Crippen LogP contribution in [0.1, 0.15) is 29.3 Å². The van der Waals surface area contributed by atoms with Gasteiger partial charge in [-0.3, -0.25) is 4.79 Å². The van der Waals surface area contributed by atoms with Crippen molar-refractivity contribution in [3.05, 3.63) is 29.3 Å². The predicted octanol–water partition coefficient (Wildman–Crippen LogP) is 1.57. The third kappa shape index (κ3) is 2.69. The van der Waals surface area contributed by atoms with Crippen molar-refractivity contribution in [2.24, 2.45) is 0 Å². The number of ether oxygens (including phenoxy) is 2. The minimum atomic E-state index is -0.563. The van der Waals surface area contributed by atoms with Gasteiger partial charge in [-0.15, -0.1) is 0 Å². The topological polar surface area (TPSA) is 52.6 Å². The molecule has 4 nitrogen and oxygen atoms in total. The van der Waals surface area contributed by atoms with Crippen LogP contribution in [-0.4, -0.2) is 25.0 Å². The fraction of sp³-hybridized carbons (Fsp3) is 0.286. The lowest BCUT2D eigenvalue weighted by atomic mass is 10.0. The molecule has 0 spiro atoms. The first-order chi connectivity index (χ1) is 8.70. The zero-order chi connectivity index (χ0) is 13.0. The van der Waals surface area contributed by atoms with Crippen molar-refractivity contribution in [2.75, 3.05) is 13.2 Å². The Morgan fingerprint density at radius 2 is 2.33 bits per heavy atom. The van der Waals surface area contributed by atoms with Crippen LogP contribution in [0.15, 0.2) is 18.2 Å². The molecule has 0 amide bonds. The standard InChI is InChI=1S/C14H12O4/c1-2-17-14(16)6-4-10-3-5-11-12(15)7-8-18-13(11)9-10/h3,5,9H,2,7-8H2,1H3. The van der Waals surface area contributed by atoms with Gasteiger partial charge in [-0.2, -0.15) is 0 Å². The van der Waals surface area contributed by atoms with Crippen molar-refractivity contribution in [1.82, 2.24) is 0 Å². The van der Waals surface area contributed by atoms with Crippen LogP contribution in [0.5, 0.6) is 5.75 Å². The summed E-state index contributed by atoms with van der Waals surface area (Å²) in [4.78, 5) is 22.6. The van der Waals surface area contributed by atoms with E-state index in [1.807, 2.05) is 0 Å². The van der Waals surface area contributed by atoms with E-state index in [1.165, 1.54) is 0 Å². The Balaban J connectivity index is 2.21. The molecule has 0 saturated heterocycles. The summed E-state index contributed by atoms with van der Waals surface area (Å²) in [6.07, 6.45) is 0.404. The molecule has 0 fully saturated rings. The van der Waals surface area contributed by atoms with Crippen molar-refractivity contribution < 1.29 is 19.1 Å². The van der Waals surface area contributed by atoms with Crippen molar-refractivity contribution in [1.29, 1.82) is 0 Å². The maximum absolute atomic E-state index is 11.6. The number of esters is 1. The Morgan fingerprint density at radius 3 is 3.11 bits per heavy atom. The van der Waals surface area contributed by atoms with Gasteiger partial charge in [0.15, 0.2) is 5.78 Å². The summed E-state index contributed by atoms with van der Waals surface area (Å²) in [6, 6.07) is 5.03. The van der Waals surface area contributed by atoms with Gasteiger partial charge in [-0.1, -0.05) is 5.92 Å². The monoisotopic (exact) mass is 244 g/mol. The minimum absolute atomic E-state index is 0.0705. The molecular weight excluding hydrogens is 232 g/mol. The number of benzene rings is 1. The molecule has 2 rings (SSSR count). The lowest BCUT2D eigenvalue weighted by Crippen LogP contribution is -2.15. The first-order valence-electron chi connectivity index (χ1n) is 5.69. The summed E-state index contributed by atoms with van der Waals surface area (Å²) in [5.74, 6) is 5.08. The normalized spacial score (nSPS) is 12.8. The highest BCUT2D eigenvalue weighted by Crippen LogP contribution is 2.25. The molecule has 0 unspecified atom stereocenters. The number of ketones is 1.